The summed E-state index contributed by atoms with van der Waals surface area (Å²) in [7, 11) is 0. The Kier molecular flexibility index (Phi) is 5.58. The van der Waals surface area contributed by atoms with Gasteiger partial charge in [-0.25, -0.2) is 0 Å². The lowest BCUT2D eigenvalue weighted by molar-refractivity contribution is -0.682. The van der Waals surface area contributed by atoms with Crippen molar-refractivity contribution in [1.82, 2.24) is 0 Å². The third-order valence-electron chi connectivity index (χ3n) is 3.72. The predicted molar refractivity (Wildman–Crippen MR) is 91.2 cm³/mol. The minimum absolute atomic E-state index is 0.00685. The Balaban J connectivity index is 1.93. The van der Waals surface area contributed by atoms with Gasteiger partial charge in [0.1, 0.15) is 6.04 Å². The molecular weight excluding hydrogens is 296 g/mol. The molecule has 116 valence electrons. The lowest BCUT2D eigenvalue weighted by Crippen LogP contribution is -2.86. The van der Waals surface area contributed by atoms with Gasteiger partial charge in [0.05, 0.1) is 0 Å². The Bertz CT molecular complexity index is 670. The maximum Gasteiger partial charge on any atom is 0.279 e. The van der Waals surface area contributed by atoms with E-state index in [1.165, 1.54) is 0 Å². The summed E-state index contributed by atoms with van der Waals surface area (Å²) in [6.45, 7) is 6.41. The molecule has 2 aromatic rings. The Morgan fingerprint density at radius 3 is 2.68 bits per heavy atom. The largest absolute Gasteiger partial charge is 0.332 e. The molecule has 0 aliphatic rings. The molecule has 0 bridgehead atoms. The van der Waals surface area contributed by atoms with Crippen LogP contribution in [0.2, 0.25) is 5.02 Å². The number of hydrogen-bond donors (Lipinski definition) is 2. The quantitative estimate of drug-likeness (QED) is 0.874. The van der Waals surface area contributed by atoms with Crippen molar-refractivity contribution in [2.45, 2.75) is 26.8 Å². The lowest BCUT2D eigenvalue weighted by atomic mass is 10.1. The van der Waals surface area contributed by atoms with E-state index in [4.69, 9.17) is 11.6 Å². The minimum Gasteiger partial charge on any atom is -0.332 e. The van der Waals surface area contributed by atoms with Gasteiger partial charge in [-0.3, -0.25) is 4.79 Å². The van der Waals surface area contributed by atoms with E-state index in [1.54, 1.807) is 0 Å². The van der Waals surface area contributed by atoms with Crippen LogP contribution in [-0.4, -0.2) is 12.5 Å². The molecule has 3 nitrogen and oxygen atoms in total. The average molecular weight is 318 g/mol. The zero-order valence-corrected chi connectivity index (χ0v) is 13.9. The number of amides is 1. The molecule has 1 atom stereocenters. The molecule has 0 unspecified atom stereocenters. The summed E-state index contributed by atoms with van der Waals surface area (Å²) in [5.74, 6) is -0.00685. The van der Waals surface area contributed by atoms with E-state index in [2.05, 4.69) is 5.32 Å². The summed E-state index contributed by atoms with van der Waals surface area (Å²) >= 11 is 6.18. The maximum atomic E-state index is 12.1. The molecule has 3 N–H and O–H groups in total. The van der Waals surface area contributed by atoms with E-state index < -0.39 is 0 Å². The first-order valence-electron chi connectivity index (χ1n) is 7.42. The molecule has 0 aliphatic heterocycles. The Labute approximate surface area is 136 Å². The summed E-state index contributed by atoms with van der Waals surface area (Å²) < 4.78 is 0. The van der Waals surface area contributed by atoms with Crippen LogP contribution in [-0.2, 0) is 4.79 Å². The molecule has 0 heterocycles. The van der Waals surface area contributed by atoms with Gasteiger partial charge in [0.25, 0.3) is 5.91 Å². The Hall–Kier alpha value is -1.84. The summed E-state index contributed by atoms with van der Waals surface area (Å²) in [5, 5.41) is 5.69. The van der Waals surface area contributed by atoms with Crippen LogP contribution >= 0.6 is 11.6 Å². The first-order valence-corrected chi connectivity index (χ1v) is 7.80. The van der Waals surface area contributed by atoms with E-state index >= 15 is 0 Å². The van der Waals surface area contributed by atoms with Crippen LogP contribution in [0.3, 0.4) is 0 Å². The number of hydrogen-bond acceptors (Lipinski definition) is 1. The highest BCUT2D eigenvalue weighted by Gasteiger charge is 2.14. The molecule has 0 fully saturated rings. The van der Waals surface area contributed by atoms with Crippen LogP contribution in [0, 0.1) is 13.8 Å². The Morgan fingerprint density at radius 1 is 1.23 bits per heavy atom. The van der Waals surface area contributed by atoms with Gasteiger partial charge in [-0.1, -0.05) is 41.9 Å². The van der Waals surface area contributed by atoms with Crippen molar-refractivity contribution in [2.24, 2.45) is 0 Å². The van der Waals surface area contributed by atoms with E-state index in [0.29, 0.717) is 6.54 Å². The minimum atomic E-state index is -0.00685. The summed E-state index contributed by atoms with van der Waals surface area (Å²) in [6.07, 6.45) is 0. The standard InChI is InChI=1S/C18H21ClN2O/c1-12-8-9-13(2)17(10-12)21-18(22)11-20-14(3)15-6-4-5-7-16(15)19/h4-10,14,20H,11H2,1-3H3,(H,21,22)/p+1/t14-/m1/s1. The van der Waals surface area contributed by atoms with E-state index in [9.17, 15) is 4.79 Å². The maximum absolute atomic E-state index is 12.1. The second kappa shape index (κ2) is 7.43. The van der Waals surface area contributed by atoms with Crippen LogP contribution in [0.15, 0.2) is 42.5 Å². The zero-order chi connectivity index (χ0) is 16.1. The van der Waals surface area contributed by atoms with Gasteiger partial charge in [0.15, 0.2) is 6.54 Å². The first-order chi connectivity index (χ1) is 10.5. The SMILES string of the molecule is Cc1ccc(C)c(NC(=O)C[NH2+][C@H](C)c2ccccc2Cl)c1. The molecule has 0 radical (unpaired) electrons. The number of quaternary nitrogens is 1. The molecule has 0 spiro atoms. The fourth-order valence-electron chi connectivity index (χ4n) is 2.33. The highest BCUT2D eigenvalue weighted by molar-refractivity contribution is 6.31. The predicted octanol–water partition coefficient (Wildman–Crippen LogP) is 3.22. The van der Waals surface area contributed by atoms with Gasteiger partial charge < -0.3 is 10.6 Å². The number of carbonyl (C=O) groups excluding carboxylic acids is 1. The second-order valence-electron chi connectivity index (χ2n) is 5.62. The van der Waals surface area contributed by atoms with Gasteiger partial charge >= 0.3 is 0 Å². The van der Waals surface area contributed by atoms with E-state index in [1.807, 2.05) is 68.6 Å². The van der Waals surface area contributed by atoms with E-state index in [0.717, 1.165) is 27.4 Å². The third kappa shape index (κ3) is 4.33. The van der Waals surface area contributed by atoms with Crippen LogP contribution in [0.4, 0.5) is 5.69 Å². The van der Waals surface area contributed by atoms with Crippen LogP contribution < -0.4 is 10.6 Å². The van der Waals surface area contributed by atoms with Crippen molar-refractivity contribution in [3.05, 3.63) is 64.2 Å². The summed E-state index contributed by atoms with van der Waals surface area (Å²) in [6, 6.07) is 13.9. The van der Waals surface area contributed by atoms with Crippen molar-refractivity contribution in [3.63, 3.8) is 0 Å². The summed E-state index contributed by atoms with van der Waals surface area (Å²) in [5.41, 5.74) is 4.12. The normalized spacial score (nSPS) is 12.0. The Morgan fingerprint density at radius 2 is 1.95 bits per heavy atom. The highest BCUT2D eigenvalue weighted by atomic mass is 35.5. The molecule has 0 saturated heterocycles. The number of benzene rings is 2. The molecular formula is C18H22ClN2O+. The zero-order valence-electron chi connectivity index (χ0n) is 13.2. The number of anilines is 1. The molecule has 4 heteroatoms. The third-order valence-corrected chi connectivity index (χ3v) is 4.06. The van der Waals surface area contributed by atoms with Crippen molar-refractivity contribution in [3.8, 4) is 0 Å². The molecule has 2 rings (SSSR count). The summed E-state index contributed by atoms with van der Waals surface area (Å²) in [4.78, 5) is 12.1. The molecule has 0 aliphatic carbocycles. The number of rotatable bonds is 5. The monoisotopic (exact) mass is 317 g/mol. The number of nitrogens with one attached hydrogen (secondary N) is 1. The second-order valence-corrected chi connectivity index (χ2v) is 6.02. The molecule has 0 aromatic heterocycles. The van der Waals surface area contributed by atoms with Crippen molar-refractivity contribution in [1.29, 1.82) is 0 Å². The van der Waals surface area contributed by atoms with E-state index in [-0.39, 0.29) is 11.9 Å². The molecule has 1 amide bonds. The first kappa shape index (κ1) is 16.5. The van der Waals surface area contributed by atoms with Gasteiger partial charge in [-0.2, -0.15) is 0 Å². The van der Waals surface area contributed by atoms with Gasteiger partial charge in [-0.05, 0) is 44.0 Å². The van der Waals surface area contributed by atoms with Gasteiger partial charge in [-0.15, -0.1) is 0 Å². The molecule has 22 heavy (non-hydrogen) atoms. The number of nitrogens with two attached hydrogens (primary N) is 1. The number of carbonyl (C=O) groups is 1. The van der Waals surface area contributed by atoms with Crippen molar-refractivity contribution < 1.29 is 10.1 Å². The van der Waals surface area contributed by atoms with Crippen molar-refractivity contribution >= 4 is 23.2 Å². The number of halogens is 1. The molecule has 2 aromatic carbocycles. The number of aryl methyl sites for hydroxylation is 2. The molecule has 0 saturated carbocycles. The van der Waals surface area contributed by atoms with Crippen LogP contribution in [0.1, 0.15) is 29.7 Å². The fraction of sp³-hybridized carbons (Fsp3) is 0.278. The van der Waals surface area contributed by atoms with Crippen LogP contribution in [0.5, 0.6) is 0 Å². The lowest BCUT2D eigenvalue weighted by Gasteiger charge is -2.13. The topological polar surface area (TPSA) is 45.7 Å². The highest BCUT2D eigenvalue weighted by Crippen LogP contribution is 2.19. The smallest absolute Gasteiger partial charge is 0.279 e. The average Bonchev–Trinajstić information content (AvgIpc) is 2.49. The van der Waals surface area contributed by atoms with Gasteiger partial charge in [0, 0.05) is 16.3 Å². The van der Waals surface area contributed by atoms with Crippen molar-refractivity contribution in [2.75, 3.05) is 11.9 Å². The van der Waals surface area contributed by atoms with Crippen LogP contribution in [0.25, 0.3) is 0 Å². The van der Waals surface area contributed by atoms with Gasteiger partial charge in [0.2, 0.25) is 0 Å². The fourth-order valence-corrected chi connectivity index (χ4v) is 2.63.